The smallest absolute Gasteiger partial charge is 0.0443 e. The Morgan fingerprint density at radius 2 is 2.17 bits per heavy atom. The predicted molar refractivity (Wildman–Crippen MR) is 50.2 cm³/mol. The van der Waals surface area contributed by atoms with E-state index in [0.717, 1.165) is 32.6 Å². The van der Waals surface area contributed by atoms with Crippen molar-refractivity contribution >= 4 is 0 Å². The summed E-state index contributed by atoms with van der Waals surface area (Å²) in [6, 6.07) is 0.664. The third-order valence-electron chi connectivity index (χ3n) is 2.68. The predicted octanol–water partition coefficient (Wildman–Crippen LogP) is 0.00470. The summed E-state index contributed by atoms with van der Waals surface area (Å²) in [5, 5.41) is 8.68. The van der Waals surface area contributed by atoms with Crippen LogP contribution in [0.15, 0.2) is 0 Å². The maximum Gasteiger partial charge on any atom is 0.0443 e. The first-order chi connectivity index (χ1) is 5.74. The van der Waals surface area contributed by atoms with Gasteiger partial charge in [-0.1, -0.05) is 0 Å². The van der Waals surface area contributed by atoms with Gasteiger partial charge in [-0.25, -0.2) is 0 Å². The summed E-state index contributed by atoms with van der Waals surface area (Å²) in [6.07, 6.45) is 0.913. The lowest BCUT2D eigenvalue weighted by Crippen LogP contribution is -2.50. The fourth-order valence-corrected chi connectivity index (χ4v) is 1.62. The van der Waals surface area contributed by atoms with Gasteiger partial charge in [-0.3, -0.25) is 0 Å². The van der Waals surface area contributed by atoms with E-state index >= 15 is 0 Å². The van der Waals surface area contributed by atoms with Crippen molar-refractivity contribution in [3.8, 4) is 0 Å². The van der Waals surface area contributed by atoms with Crippen LogP contribution in [0, 0.1) is 0 Å². The molecule has 12 heavy (non-hydrogen) atoms. The van der Waals surface area contributed by atoms with E-state index in [0.29, 0.717) is 12.6 Å². The monoisotopic (exact) mass is 172 g/mol. The largest absolute Gasteiger partial charge is 0.396 e. The number of hydrogen-bond donors (Lipinski definition) is 1. The molecule has 1 fully saturated rings. The van der Waals surface area contributed by atoms with E-state index in [2.05, 4.69) is 23.8 Å². The Labute approximate surface area is 75.0 Å². The third-order valence-corrected chi connectivity index (χ3v) is 2.68. The minimum Gasteiger partial charge on any atom is -0.396 e. The molecule has 1 N–H and O–H groups in total. The van der Waals surface area contributed by atoms with Gasteiger partial charge in [0.05, 0.1) is 0 Å². The molecule has 72 valence electrons. The molecule has 0 amide bonds. The molecule has 1 aliphatic rings. The van der Waals surface area contributed by atoms with Gasteiger partial charge in [-0.15, -0.1) is 0 Å². The van der Waals surface area contributed by atoms with Crippen molar-refractivity contribution in [2.75, 3.05) is 39.8 Å². The molecule has 0 radical (unpaired) electrons. The normalized spacial score (nSPS) is 27.8. The highest BCUT2D eigenvalue weighted by atomic mass is 16.3. The van der Waals surface area contributed by atoms with E-state index in [9.17, 15) is 0 Å². The standard InChI is InChI=1S/C9H20N2O/c1-9-8-11(4-3-7-12)6-5-10(9)2/h9,12H,3-8H2,1-2H3. The quantitative estimate of drug-likeness (QED) is 0.649. The molecule has 3 nitrogen and oxygen atoms in total. The van der Waals surface area contributed by atoms with Crippen LogP contribution in [-0.4, -0.2) is 60.8 Å². The molecule has 1 aliphatic heterocycles. The van der Waals surface area contributed by atoms with E-state index in [1.54, 1.807) is 0 Å². The zero-order chi connectivity index (χ0) is 8.97. The Morgan fingerprint density at radius 3 is 2.75 bits per heavy atom. The number of nitrogens with zero attached hydrogens (tertiary/aromatic N) is 2. The number of piperazine rings is 1. The first-order valence-electron chi connectivity index (χ1n) is 4.77. The number of aliphatic hydroxyl groups excluding tert-OH is 1. The van der Waals surface area contributed by atoms with Crippen molar-refractivity contribution in [3.05, 3.63) is 0 Å². The third kappa shape index (κ3) is 2.73. The molecule has 0 aromatic carbocycles. The van der Waals surface area contributed by atoms with E-state index in [-0.39, 0.29) is 0 Å². The zero-order valence-electron chi connectivity index (χ0n) is 8.16. The fourth-order valence-electron chi connectivity index (χ4n) is 1.62. The van der Waals surface area contributed by atoms with Crippen LogP contribution in [0.5, 0.6) is 0 Å². The van der Waals surface area contributed by atoms with Crippen molar-refractivity contribution in [1.82, 2.24) is 9.80 Å². The molecule has 0 spiro atoms. The molecular formula is C9H20N2O. The Morgan fingerprint density at radius 1 is 1.42 bits per heavy atom. The van der Waals surface area contributed by atoms with Gasteiger partial charge in [0, 0.05) is 38.8 Å². The second-order valence-corrected chi connectivity index (χ2v) is 3.71. The number of aliphatic hydroxyl groups is 1. The van der Waals surface area contributed by atoms with E-state index in [4.69, 9.17) is 5.11 Å². The molecule has 0 bridgehead atoms. The highest BCUT2D eigenvalue weighted by molar-refractivity contribution is 4.76. The number of hydrogen-bond acceptors (Lipinski definition) is 3. The maximum atomic E-state index is 8.68. The average Bonchev–Trinajstić information content (AvgIpc) is 2.07. The second kappa shape index (κ2) is 4.80. The Bertz CT molecular complexity index is 128. The van der Waals surface area contributed by atoms with Crippen LogP contribution in [0.2, 0.25) is 0 Å². The van der Waals surface area contributed by atoms with E-state index in [1.165, 1.54) is 0 Å². The molecule has 1 heterocycles. The SMILES string of the molecule is CC1CN(CCCO)CCN1C. The van der Waals surface area contributed by atoms with Crippen LogP contribution in [0.25, 0.3) is 0 Å². The van der Waals surface area contributed by atoms with E-state index in [1.807, 2.05) is 0 Å². The van der Waals surface area contributed by atoms with Crippen molar-refractivity contribution in [3.63, 3.8) is 0 Å². The maximum absolute atomic E-state index is 8.68. The topological polar surface area (TPSA) is 26.7 Å². The molecule has 1 rings (SSSR count). The Balaban J connectivity index is 2.21. The van der Waals surface area contributed by atoms with Gasteiger partial charge >= 0.3 is 0 Å². The average molecular weight is 172 g/mol. The summed E-state index contributed by atoms with van der Waals surface area (Å²) in [4.78, 5) is 4.82. The number of likely N-dealkylation sites (N-methyl/N-ethyl adjacent to an activating group) is 1. The molecule has 1 unspecified atom stereocenters. The van der Waals surface area contributed by atoms with Gasteiger partial charge in [0.25, 0.3) is 0 Å². The molecular weight excluding hydrogens is 152 g/mol. The summed E-state index contributed by atoms with van der Waals surface area (Å²) in [5.41, 5.74) is 0. The highest BCUT2D eigenvalue weighted by Gasteiger charge is 2.19. The van der Waals surface area contributed by atoms with E-state index < -0.39 is 0 Å². The van der Waals surface area contributed by atoms with Gasteiger partial charge in [0.15, 0.2) is 0 Å². The van der Waals surface area contributed by atoms with Crippen LogP contribution >= 0.6 is 0 Å². The summed E-state index contributed by atoms with van der Waals surface area (Å²) in [5.74, 6) is 0. The van der Waals surface area contributed by atoms with Gasteiger partial charge in [-0.2, -0.15) is 0 Å². The highest BCUT2D eigenvalue weighted by Crippen LogP contribution is 2.06. The lowest BCUT2D eigenvalue weighted by atomic mass is 10.2. The minimum absolute atomic E-state index is 0.320. The second-order valence-electron chi connectivity index (χ2n) is 3.71. The molecule has 1 atom stereocenters. The minimum atomic E-state index is 0.320. The first kappa shape index (κ1) is 9.96. The summed E-state index contributed by atoms with van der Waals surface area (Å²) in [7, 11) is 2.17. The van der Waals surface area contributed by atoms with Crippen LogP contribution in [0.4, 0.5) is 0 Å². The zero-order valence-corrected chi connectivity index (χ0v) is 8.16. The molecule has 0 saturated carbocycles. The van der Waals surface area contributed by atoms with Crippen molar-refractivity contribution in [1.29, 1.82) is 0 Å². The van der Waals surface area contributed by atoms with Crippen LogP contribution < -0.4 is 0 Å². The first-order valence-corrected chi connectivity index (χ1v) is 4.77. The lowest BCUT2D eigenvalue weighted by molar-refractivity contribution is 0.0991. The molecule has 0 aromatic heterocycles. The Hall–Kier alpha value is -0.120. The summed E-state index contributed by atoms with van der Waals surface area (Å²) >= 11 is 0. The van der Waals surface area contributed by atoms with Crippen LogP contribution in [0.3, 0.4) is 0 Å². The van der Waals surface area contributed by atoms with Gasteiger partial charge in [-0.05, 0) is 20.4 Å². The fraction of sp³-hybridized carbons (Fsp3) is 1.00. The number of rotatable bonds is 3. The lowest BCUT2D eigenvalue weighted by Gasteiger charge is -2.37. The van der Waals surface area contributed by atoms with Crippen molar-refractivity contribution < 1.29 is 5.11 Å². The van der Waals surface area contributed by atoms with Crippen LogP contribution in [0.1, 0.15) is 13.3 Å². The van der Waals surface area contributed by atoms with Crippen molar-refractivity contribution in [2.45, 2.75) is 19.4 Å². The van der Waals surface area contributed by atoms with Gasteiger partial charge < -0.3 is 14.9 Å². The molecule has 0 aromatic rings. The Kier molecular flexibility index (Phi) is 3.98. The van der Waals surface area contributed by atoms with Crippen LogP contribution in [-0.2, 0) is 0 Å². The van der Waals surface area contributed by atoms with Gasteiger partial charge in [0.2, 0.25) is 0 Å². The van der Waals surface area contributed by atoms with Gasteiger partial charge in [0.1, 0.15) is 0 Å². The summed E-state index contributed by atoms with van der Waals surface area (Å²) < 4.78 is 0. The van der Waals surface area contributed by atoms with Crippen molar-refractivity contribution in [2.24, 2.45) is 0 Å². The summed E-state index contributed by atoms with van der Waals surface area (Å²) in [6.45, 7) is 7.09. The molecule has 3 heteroatoms. The molecule has 1 saturated heterocycles. The molecule has 0 aliphatic carbocycles.